The number of pyridine rings is 1. The SMILES string of the molecule is Cc1c(NC(=O)N[C@@H]2CCN(c3ccccn3)C2)cccc1N(C)C. The molecular formula is C19H25N5O. The minimum atomic E-state index is -0.160. The van der Waals surface area contributed by atoms with Gasteiger partial charge in [0.2, 0.25) is 0 Å². The molecule has 1 aliphatic heterocycles. The molecule has 2 amide bonds. The summed E-state index contributed by atoms with van der Waals surface area (Å²) in [5.41, 5.74) is 2.99. The van der Waals surface area contributed by atoms with Crippen LogP contribution in [0.5, 0.6) is 0 Å². The molecule has 6 nitrogen and oxygen atoms in total. The van der Waals surface area contributed by atoms with Crippen LogP contribution in [0.15, 0.2) is 42.6 Å². The lowest BCUT2D eigenvalue weighted by Crippen LogP contribution is -2.40. The van der Waals surface area contributed by atoms with Crippen molar-refractivity contribution < 1.29 is 4.79 Å². The van der Waals surface area contributed by atoms with Gasteiger partial charge in [0.25, 0.3) is 0 Å². The Morgan fingerprint density at radius 3 is 2.80 bits per heavy atom. The van der Waals surface area contributed by atoms with Crippen molar-refractivity contribution in [3.8, 4) is 0 Å². The van der Waals surface area contributed by atoms with Crippen LogP contribution in [-0.4, -0.2) is 44.2 Å². The molecule has 3 rings (SSSR count). The number of hydrogen-bond donors (Lipinski definition) is 2. The third-order valence-corrected chi connectivity index (χ3v) is 4.53. The smallest absolute Gasteiger partial charge is 0.319 e. The van der Waals surface area contributed by atoms with Crippen molar-refractivity contribution in [1.29, 1.82) is 0 Å². The zero-order valence-corrected chi connectivity index (χ0v) is 15.0. The van der Waals surface area contributed by atoms with Crippen LogP contribution in [0.3, 0.4) is 0 Å². The third-order valence-electron chi connectivity index (χ3n) is 4.53. The molecule has 132 valence electrons. The van der Waals surface area contributed by atoms with Gasteiger partial charge in [0.15, 0.2) is 0 Å². The van der Waals surface area contributed by atoms with Crippen molar-refractivity contribution >= 4 is 23.2 Å². The summed E-state index contributed by atoms with van der Waals surface area (Å²) in [4.78, 5) is 21.0. The van der Waals surface area contributed by atoms with Crippen LogP contribution in [0.4, 0.5) is 22.0 Å². The monoisotopic (exact) mass is 339 g/mol. The van der Waals surface area contributed by atoms with Gasteiger partial charge in [-0.2, -0.15) is 0 Å². The second-order valence-corrected chi connectivity index (χ2v) is 6.56. The van der Waals surface area contributed by atoms with E-state index in [1.807, 2.05) is 62.3 Å². The molecule has 0 spiro atoms. The van der Waals surface area contributed by atoms with Crippen LogP contribution in [0.25, 0.3) is 0 Å². The summed E-state index contributed by atoms with van der Waals surface area (Å²) in [7, 11) is 3.99. The van der Waals surface area contributed by atoms with E-state index in [-0.39, 0.29) is 12.1 Å². The second-order valence-electron chi connectivity index (χ2n) is 6.56. The first-order chi connectivity index (χ1) is 12.0. The van der Waals surface area contributed by atoms with Gasteiger partial charge in [-0.25, -0.2) is 9.78 Å². The number of hydrogen-bond acceptors (Lipinski definition) is 4. The molecule has 1 aromatic heterocycles. The van der Waals surface area contributed by atoms with Crippen LogP contribution < -0.4 is 20.4 Å². The maximum Gasteiger partial charge on any atom is 0.319 e. The van der Waals surface area contributed by atoms with Gasteiger partial charge in [0.05, 0.1) is 0 Å². The molecule has 2 aromatic rings. The van der Waals surface area contributed by atoms with Gasteiger partial charge in [-0.1, -0.05) is 12.1 Å². The Morgan fingerprint density at radius 1 is 1.24 bits per heavy atom. The lowest BCUT2D eigenvalue weighted by Gasteiger charge is -2.20. The molecule has 0 radical (unpaired) electrons. The predicted molar refractivity (Wildman–Crippen MR) is 103 cm³/mol. The molecule has 1 atom stereocenters. The molecule has 2 heterocycles. The van der Waals surface area contributed by atoms with Crippen molar-refractivity contribution in [3.63, 3.8) is 0 Å². The summed E-state index contributed by atoms with van der Waals surface area (Å²) in [5, 5.41) is 6.05. The fourth-order valence-corrected chi connectivity index (χ4v) is 3.21. The van der Waals surface area contributed by atoms with E-state index in [0.29, 0.717) is 0 Å². The highest BCUT2D eigenvalue weighted by molar-refractivity contribution is 5.91. The van der Waals surface area contributed by atoms with Crippen LogP contribution >= 0.6 is 0 Å². The molecule has 0 aliphatic carbocycles. The Balaban J connectivity index is 1.58. The quantitative estimate of drug-likeness (QED) is 0.899. The maximum absolute atomic E-state index is 12.4. The lowest BCUT2D eigenvalue weighted by atomic mass is 10.1. The highest BCUT2D eigenvalue weighted by Gasteiger charge is 2.24. The van der Waals surface area contributed by atoms with Gasteiger partial charge in [0.1, 0.15) is 5.82 Å². The summed E-state index contributed by atoms with van der Waals surface area (Å²) in [6.07, 6.45) is 2.71. The highest BCUT2D eigenvalue weighted by Crippen LogP contribution is 2.25. The number of amides is 2. The van der Waals surface area contributed by atoms with Crippen LogP contribution in [0, 0.1) is 6.92 Å². The van der Waals surface area contributed by atoms with Crippen molar-refractivity contribution in [2.75, 3.05) is 42.3 Å². The van der Waals surface area contributed by atoms with Crippen molar-refractivity contribution in [1.82, 2.24) is 10.3 Å². The Bertz CT molecular complexity index is 732. The molecule has 6 heteroatoms. The first kappa shape index (κ1) is 17.1. The number of nitrogens with zero attached hydrogens (tertiary/aromatic N) is 3. The van der Waals surface area contributed by atoms with Crippen LogP contribution in [0.2, 0.25) is 0 Å². The molecule has 2 N–H and O–H groups in total. The van der Waals surface area contributed by atoms with E-state index in [2.05, 4.69) is 20.5 Å². The van der Waals surface area contributed by atoms with Gasteiger partial charge in [-0.05, 0) is 43.2 Å². The molecule has 25 heavy (non-hydrogen) atoms. The topological polar surface area (TPSA) is 60.5 Å². The van der Waals surface area contributed by atoms with E-state index in [4.69, 9.17) is 0 Å². The van der Waals surface area contributed by atoms with E-state index in [9.17, 15) is 4.79 Å². The molecule has 0 saturated carbocycles. The molecule has 1 aliphatic rings. The number of nitrogens with one attached hydrogen (secondary N) is 2. The van der Waals surface area contributed by atoms with Gasteiger partial charge in [0, 0.05) is 50.8 Å². The average molecular weight is 339 g/mol. The van der Waals surface area contributed by atoms with E-state index in [1.54, 1.807) is 6.20 Å². The van der Waals surface area contributed by atoms with Gasteiger partial charge < -0.3 is 20.4 Å². The second kappa shape index (κ2) is 7.42. The summed E-state index contributed by atoms with van der Waals surface area (Å²) in [6, 6.07) is 11.8. The predicted octanol–water partition coefficient (Wildman–Crippen LogP) is 2.86. The fourth-order valence-electron chi connectivity index (χ4n) is 3.21. The van der Waals surface area contributed by atoms with Gasteiger partial charge >= 0.3 is 6.03 Å². The van der Waals surface area contributed by atoms with E-state index in [1.165, 1.54) is 0 Å². The first-order valence-corrected chi connectivity index (χ1v) is 8.55. The summed E-state index contributed by atoms with van der Waals surface area (Å²) >= 11 is 0. The number of carbonyl (C=O) groups excluding carboxylic acids is 1. The zero-order valence-electron chi connectivity index (χ0n) is 15.0. The number of benzene rings is 1. The highest BCUT2D eigenvalue weighted by atomic mass is 16.2. The molecular weight excluding hydrogens is 314 g/mol. The van der Waals surface area contributed by atoms with Gasteiger partial charge in [-0.15, -0.1) is 0 Å². The molecule has 0 bridgehead atoms. The largest absolute Gasteiger partial charge is 0.377 e. The minimum absolute atomic E-state index is 0.124. The zero-order chi connectivity index (χ0) is 17.8. The van der Waals surface area contributed by atoms with E-state index < -0.39 is 0 Å². The van der Waals surface area contributed by atoms with Crippen molar-refractivity contribution in [3.05, 3.63) is 48.2 Å². The number of rotatable bonds is 4. The molecule has 0 unspecified atom stereocenters. The number of urea groups is 1. The maximum atomic E-state index is 12.4. The number of carbonyl (C=O) groups is 1. The van der Waals surface area contributed by atoms with E-state index >= 15 is 0 Å². The Kier molecular flexibility index (Phi) is 5.07. The van der Waals surface area contributed by atoms with Crippen LogP contribution in [-0.2, 0) is 0 Å². The minimum Gasteiger partial charge on any atom is -0.377 e. The number of anilines is 3. The molecule has 1 saturated heterocycles. The number of aromatic nitrogens is 1. The Hall–Kier alpha value is -2.76. The third kappa shape index (κ3) is 4.02. The summed E-state index contributed by atoms with van der Waals surface area (Å²) < 4.78 is 0. The first-order valence-electron chi connectivity index (χ1n) is 8.55. The summed E-state index contributed by atoms with van der Waals surface area (Å²) in [6.45, 7) is 3.70. The standard InChI is InChI=1S/C19H25N5O/c1-14-16(7-6-8-17(14)23(2)3)22-19(25)21-15-10-12-24(13-15)18-9-4-5-11-20-18/h4-9,11,15H,10,12-13H2,1-3H3,(H2,21,22,25)/t15-/m1/s1. The van der Waals surface area contributed by atoms with Crippen molar-refractivity contribution in [2.24, 2.45) is 0 Å². The fraction of sp³-hybridized carbons (Fsp3) is 0.368. The van der Waals surface area contributed by atoms with E-state index in [0.717, 1.165) is 42.3 Å². The summed E-state index contributed by atoms with van der Waals surface area (Å²) in [5.74, 6) is 0.960. The van der Waals surface area contributed by atoms with Gasteiger partial charge in [-0.3, -0.25) is 0 Å². The van der Waals surface area contributed by atoms with Crippen molar-refractivity contribution in [2.45, 2.75) is 19.4 Å². The normalized spacial score (nSPS) is 16.6. The molecule has 1 aromatic carbocycles. The van der Waals surface area contributed by atoms with Crippen LogP contribution in [0.1, 0.15) is 12.0 Å². The molecule has 1 fully saturated rings. The Labute approximate surface area is 148 Å². The lowest BCUT2D eigenvalue weighted by molar-refractivity contribution is 0.249. The average Bonchev–Trinajstić information content (AvgIpc) is 3.05. The Morgan fingerprint density at radius 2 is 2.08 bits per heavy atom.